The molecule has 0 aliphatic heterocycles. The highest BCUT2D eigenvalue weighted by Gasteiger charge is 2.14. The van der Waals surface area contributed by atoms with Gasteiger partial charge in [0.1, 0.15) is 0 Å². The van der Waals surface area contributed by atoms with Gasteiger partial charge >= 0.3 is 0 Å². The lowest BCUT2D eigenvalue weighted by atomic mass is 9.96. The molecule has 1 heterocycles. The highest BCUT2D eigenvalue weighted by molar-refractivity contribution is 7.13. The molecule has 0 aromatic carbocycles. The van der Waals surface area contributed by atoms with Crippen molar-refractivity contribution in [2.75, 3.05) is 25.6 Å². The first kappa shape index (κ1) is 14.2. The molecule has 0 saturated carbocycles. The molecule has 2 rings (SSSR count). The second-order valence-corrected chi connectivity index (χ2v) is 5.43. The van der Waals surface area contributed by atoms with Crippen LogP contribution in [0.25, 0.3) is 5.57 Å². The molecular formula is C14H20N2O2S. The number of rotatable bonds is 6. The molecule has 1 aliphatic carbocycles. The Bertz CT molecular complexity index is 478. The predicted molar refractivity (Wildman–Crippen MR) is 79.5 cm³/mol. The normalized spacial score (nSPS) is 16.8. The molecule has 19 heavy (non-hydrogen) atoms. The maximum atomic E-state index is 9.22. The Morgan fingerprint density at radius 3 is 2.95 bits per heavy atom. The average Bonchev–Trinajstić information content (AvgIpc) is 2.87. The fourth-order valence-electron chi connectivity index (χ4n) is 1.98. The Morgan fingerprint density at radius 2 is 2.26 bits per heavy atom. The minimum absolute atomic E-state index is 0.365. The molecule has 0 saturated heterocycles. The van der Waals surface area contributed by atoms with Crippen LogP contribution in [0.3, 0.4) is 0 Å². The zero-order chi connectivity index (χ0) is 13.7. The lowest BCUT2D eigenvalue weighted by Gasteiger charge is -2.15. The van der Waals surface area contributed by atoms with Gasteiger partial charge in [-0.2, -0.15) is 0 Å². The smallest absolute Gasteiger partial charge is 0.182 e. The highest BCUT2D eigenvalue weighted by atomic mass is 32.1. The van der Waals surface area contributed by atoms with Gasteiger partial charge in [-0.3, -0.25) is 0 Å². The number of hydrogen-bond donors (Lipinski definition) is 2. The summed E-state index contributed by atoms with van der Waals surface area (Å²) < 4.78 is 5.52. The number of allylic oxidation sites excluding steroid dienone is 2. The van der Waals surface area contributed by atoms with E-state index in [4.69, 9.17) is 4.74 Å². The Balaban J connectivity index is 2.05. The second-order valence-electron chi connectivity index (χ2n) is 4.58. The molecule has 4 nitrogen and oxygen atoms in total. The van der Waals surface area contributed by atoms with E-state index in [1.165, 1.54) is 5.57 Å². The van der Waals surface area contributed by atoms with E-state index in [-0.39, 0.29) is 0 Å². The summed E-state index contributed by atoms with van der Waals surface area (Å²) in [5.41, 5.74) is 3.33. The largest absolute Gasteiger partial charge is 0.391 e. The van der Waals surface area contributed by atoms with Crippen LogP contribution in [-0.4, -0.2) is 36.5 Å². The molecule has 0 radical (unpaired) electrons. The van der Waals surface area contributed by atoms with Crippen LogP contribution in [0.1, 0.15) is 25.5 Å². The molecule has 0 fully saturated rings. The van der Waals surface area contributed by atoms with Crippen LogP contribution < -0.4 is 5.32 Å². The van der Waals surface area contributed by atoms with Gasteiger partial charge in [0.25, 0.3) is 0 Å². The number of nitrogens with one attached hydrogen (secondary N) is 1. The van der Waals surface area contributed by atoms with Crippen molar-refractivity contribution in [3.8, 4) is 0 Å². The third kappa shape index (κ3) is 3.89. The lowest BCUT2D eigenvalue weighted by Crippen LogP contribution is -2.13. The minimum Gasteiger partial charge on any atom is -0.391 e. The van der Waals surface area contributed by atoms with Gasteiger partial charge in [0, 0.05) is 18.0 Å². The molecule has 5 heteroatoms. The van der Waals surface area contributed by atoms with Crippen LogP contribution in [-0.2, 0) is 4.74 Å². The fourth-order valence-corrected chi connectivity index (χ4v) is 2.66. The van der Waals surface area contributed by atoms with Crippen molar-refractivity contribution in [2.45, 2.75) is 25.9 Å². The van der Waals surface area contributed by atoms with E-state index in [1.54, 1.807) is 18.3 Å². The van der Waals surface area contributed by atoms with Crippen molar-refractivity contribution in [1.82, 2.24) is 4.98 Å². The summed E-state index contributed by atoms with van der Waals surface area (Å²) in [7, 11) is 1.88. The first-order valence-electron chi connectivity index (χ1n) is 6.49. The van der Waals surface area contributed by atoms with E-state index in [0.29, 0.717) is 13.2 Å². The molecule has 0 bridgehead atoms. The van der Waals surface area contributed by atoms with E-state index in [1.807, 2.05) is 7.05 Å². The minimum atomic E-state index is -0.424. The highest BCUT2D eigenvalue weighted by Crippen LogP contribution is 2.30. The predicted octanol–water partition coefficient (Wildman–Crippen LogP) is 2.69. The number of aliphatic hydroxyl groups excluding tert-OH is 1. The summed E-state index contributed by atoms with van der Waals surface area (Å²) >= 11 is 1.60. The van der Waals surface area contributed by atoms with Gasteiger partial charge in [0.15, 0.2) is 5.13 Å². The third-order valence-corrected chi connectivity index (χ3v) is 3.72. The van der Waals surface area contributed by atoms with Crippen LogP contribution >= 0.6 is 11.3 Å². The van der Waals surface area contributed by atoms with Crippen LogP contribution in [0.15, 0.2) is 23.1 Å². The average molecular weight is 280 g/mol. The van der Waals surface area contributed by atoms with Gasteiger partial charge < -0.3 is 15.2 Å². The van der Waals surface area contributed by atoms with Crippen molar-refractivity contribution in [3.63, 3.8) is 0 Å². The number of nitrogens with zero attached hydrogens (tertiary/aromatic N) is 1. The van der Waals surface area contributed by atoms with Crippen molar-refractivity contribution in [3.05, 3.63) is 28.8 Å². The summed E-state index contributed by atoms with van der Waals surface area (Å²) in [4.78, 5) is 4.54. The van der Waals surface area contributed by atoms with Crippen molar-refractivity contribution >= 4 is 22.0 Å². The first-order chi connectivity index (χ1) is 9.20. The Hall–Kier alpha value is -1.17. The topological polar surface area (TPSA) is 54.4 Å². The number of hydrogen-bond acceptors (Lipinski definition) is 5. The summed E-state index contributed by atoms with van der Waals surface area (Å²) in [6.45, 7) is 2.62. The molecule has 2 N–H and O–H groups in total. The first-order valence-corrected chi connectivity index (χ1v) is 7.37. The van der Waals surface area contributed by atoms with Gasteiger partial charge in [0.05, 0.1) is 25.0 Å². The van der Waals surface area contributed by atoms with Crippen LogP contribution in [0.4, 0.5) is 5.13 Å². The zero-order valence-corrected chi connectivity index (χ0v) is 12.2. The van der Waals surface area contributed by atoms with Gasteiger partial charge in [-0.05, 0) is 25.3 Å². The van der Waals surface area contributed by atoms with Gasteiger partial charge in [0.2, 0.25) is 0 Å². The fraction of sp³-hybridized carbons (Fsp3) is 0.500. The Morgan fingerprint density at radius 1 is 1.47 bits per heavy atom. The molecule has 1 atom stereocenters. The van der Waals surface area contributed by atoms with E-state index < -0.39 is 6.10 Å². The Kier molecular flexibility index (Phi) is 5.13. The van der Waals surface area contributed by atoms with E-state index in [0.717, 1.165) is 29.2 Å². The maximum absolute atomic E-state index is 9.22. The van der Waals surface area contributed by atoms with Crippen molar-refractivity contribution in [2.24, 2.45) is 0 Å². The molecule has 1 unspecified atom stereocenters. The van der Waals surface area contributed by atoms with E-state index in [2.05, 4.69) is 27.8 Å². The summed E-state index contributed by atoms with van der Waals surface area (Å²) in [6, 6.07) is 0. The molecule has 104 valence electrons. The standard InChI is InChI=1S/C14H20N2O2S/c1-10(17)7-18-8-11-5-3-4-6-12(11)13-9-19-14(15-2)16-13/h5-6,9-10,17H,3-4,7-8H2,1-2H3,(H,15,16). The van der Waals surface area contributed by atoms with E-state index in [9.17, 15) is 5.11 Å². The third-order valence-electron chi connectivity index (χ3n) is 2.86. The van der Waals surface area contributed by atoms with Crippen LogP contribution in [0.2, 0.25) is 0 Å². The number of aromatic nitrogens is 1. The van der Waals surface area contributed by atoms with Gasteiger partial charge in [-0.15, -0.1) is 11.3 Å². The monoisotopic (exact) mass is 280 g/mol. The summed E-state index contributed by atoms with van der Waals surface area (Å²) in [5.74, 6) is 0. The second kappa shape index (κ2) is 6.84. The SMILES string of the molecule is CNc1nc(C2=CCCC=C2COCC(C)O)cs1. The number of anilines is 1. The summed E-state index contributed by atoms with van der Waals surface area (Å²) in [5, 5.41) is 15.3. The van der Waals surface area contributed by atoms with Gasteiger partial charge in [-0.1, -0.05) is 12.2 Å². The molecule has 1 aromatic rings. The summed E-state index contributed by atoms with van der Waals surface area (Å²) in [6.07, 6.45) is 6.08. The molecule has 1 aliphatic rings. The molecule has 0 amide bonds. The number of thiazole rings is 1. The zero-order valence-electron chi connectivity index (χ0n) is 11.3. The van der Waals surface area contributed by atoms with Crippen molar-refractivity contribution in [1.29, 1.82) is 0 Å². The number of aliphatic hydroxyl groups is 1. The number of ether oxygens (including phenoxy) is 1. The van der Waals surface area contributed by atoms with Crippen molar-refractivity contribution < 1.29 is 9.84 Å². The Labute approximate surface area is 117 Å². The molecule has 0 spiro atoms. The van der Waals surface area contributed by atoms with Gasteiger partial charge in [-0.25, -0.2) is 4.98 Å². The maximum Gasteiger partial charge on any atom is 0.182 e. The van der Waals surface area contributed by atoms with E-state index >= 15 is 0 Å². The molecular weight excluding hydrogens is 260 g/mol. The quantitative estimate of drug-likeness (QED) is 0.841. The lowest BCUT2D eigenvalue weighted by molar-refractivity contribution is 0.0580. The van der Waals surface area contributed by atoms with Crippen LogP contribution in [0, 0.1) is 0 Å². The molecule has 1 aromatic heterocycles. The van der Waals surface area contributed by atoms with Crippen LogP contribution in [0.5, 0.6) is 0 Å².